The summed E-state index contributed by atoms with van der Waals surface area (Å²) >= 11 is 0. The van der Waals surface area contributed by atoms with Crippen LogP contribution in [0.15, 0.2) is 65.8 Å². The van der Waals surface area contributed by atoms with Crippen LogP contribution in [0.5, 0.6) is 5.75 Å². The highest BCUT2D eigenvalue weighted by molar-refractivity contribution is 5.80. The number of amides is 1. The number of aryl methyl sites for hydroxylation is 1. The van der Waals surface area contributed by atoms with Crippen molar-refractivity contribution >= 4 is 5.91 Å². The number of hydrogen-bond donors (Lipinski definition) is 1. The van der Waals surface area contributed by atoms with Gasteiger partial charge in [-0.1, -0.05) is 25.1 Å². The second kappa shape index (κ2) is 11.8. The lowest BCUT2D eigenvalue weighted by Crippen LogP contribution is -2.34. The number of hydrogen-bond acceptors (Lipinski definition) is 4. The number of rotatable bonds is 8. The minimum absolute atomic E-state index is 0.00458. The van der Waals surface area contributed by atoms with Crippen molar-refractivity contribution in [2.24, 2.45) is 10.9 Å². The van der Waals surface area contributed by atoms with Crippen LogP contribution >= 0.6 is 0 Å². The summed E-state index contributed by atoms with van der Waals surface area (Å²) in [6, 6.07) is 14.4. The Hall–Kier alpha value is -3.75. The number of ether oxygens (including phenoxy) is 1. The molecule has 1 N–H and O–H groups in total. The number of nitrogens with zero attached hydrogens (tertiary/aromatic N) is 3. The SMILES string of the molecule is CCC1Cc2ccc(OCCCN=c3cc(C)ccn3O)cc2CN(Cc2ccc(C(F)(F)F)cc2)C1=O. The fraction of sp³-hybridized carbons (Fsp3) is 0.379. The van der Waals surface area contributed by atoms with E-state index in [1.807, 2.05) is 32.0 Å². The summed E-state index contributed by atoms with van der Waals surface area (Å²) in [6.45, 7) is 5.43. The van der Waals surface area contributed by atoms with Gasteiger partial charge in [0.25, 0.3) is 0 Å². The number of benzene rings is 2. The van der Waals surface area contributed by atoms with Gasteiger partial charge in [-0.25, -0.2) is 0 Å². The predicted octanol–water partition coefficient (Wildman–Crippen LogP) is 5.53. The summed E-state index contributed by atoms with van der Waals surface area (Å²) in [5.41, 5.74) is 3.49. The van der Waals surface area contributed by atoms with Crippen LogP contribution in [0.25, 0.3) is 0 Å². The van der Waals surface area contributed by atoms with Gasteiger partial charge < -0.3 is 14.8 Å². The van der Waals surface area contributed by atoms with Gasteiger partial charge in [-0.2, -0.15) is 17.9 Å². The minimum atomic E-state index is -4.39. The van der Waals surface area contributed by atoms with Crippen molar-refractivity contribution in [3.8, 4) is 5.75 Å². The maximum Gasteiger partial charge on any atom is 0.416 e. The molecule has 1 aromatic heterocycles. The Kier molecular flexibility index (Phi) is 8.44. The second-order valence-electron chi connectivity index (χ2n) is 9.62. The first-order valence-corrected chi connectivity index (χ1v) is 12.7. The molecule has 0 saturated carbocycles. The molecule has 0 saturated heterocycles. The molecule has 38 heavy (non-hydrogen) atoms. The number of alkyl halides is 3. The highest BCUT2D eigenvalue weighted by atomic mass is 19.4. The van der Waals surface area contributed by atoms with Crippen molar-refractivity contribution in [2.75, 3.05) is 13.2 Å². The minimum Gasteiger partial charge on any atom is -0.494 e. The molecule has 1 amide bonds. The van der Waals surface area contributed by atoms with Crippen LogP contribution in [0.1, 0.15) is 47.6 Å². The fourth-order valence-electron chi connectivity index (χ4n) is 4.55. The van der Waals surface area contributed by atoms with E-state index in [0.717, 1.165) is 33.6 Å². The molecule has 2 heterocycles. The lowest BCUT2D eigenvalue weighted by Gasteiger charge is -2.24. The van der Waals surface area contributed by atoms with E-state index in [4.69, 9.17) is 4.74 Å². The zero-order chi connectivity index (χ0) is 27.3. The quantitative estimate of drug-likeness (QED) is 0.309. The van der Waals surface area contributed by atoms with E-state index in [2.05, 4.69) is 4.99 Å². The largest absolute Gasteiger partial charge is 0.494 e. The molecule has 0 aliphatic carbocycles. The molecular formula is C29H32F3N3O3. The zero-order valence-corrected chi connectivity index (χ0v) is 21.5. The Balaban J connectivity index is 1.43. The lowest BCUT2D eigenvalue weighted by molar-refractivity contribution is -0.138. The first kappa shape index (κ1) is 27.3. The van der Waals surface area contributed by atoms with E-state index in [1.54, 1.807) is 23.2 Å². The molecule has 9 heteroatoms. The zero-order valence-electron chi connectivity index (χ0n) is 21.5. The number of carbonyl (C=O) groups excluding carboxylic acids is 1. The highest BCUT2D eigenvalue weighted by Gasteiger charge is 2.31. The third kappa shape index (κ3) is 6.76. The molecule has 202 valence electrons. The maximum absolute atomic E-state index is 13.3. The van der Waals surface area contributed by atoms with Gasteiger partial charge >= 0.3 is 6.18 Å². The summed E-state index contributed by atoms with van der Waals surface area (Å²) < 4.78 is 45.8. The van der Waals surface area contributed by atoms with E-state index in [0.29, 0.717) is 55.8 Å². The summed E-state index contributed by atoms with van der Waals surface area (Å²) in [5, 5.41) is 9.84. The van der Waals surface area contributed by atoms with Gasteiger partial charge in [0, 0.05) is 38.2 Å². The van der Waals surface area contributed by atoms with Gasteiger partial charge in [-0.15, -0.1) is 0 Å². The molecule has 1 aliphatic heterocycles. The van der Waals surface area contributed by atoms with Crippen LogP contribution in [0, 0.1) is 12.8 Å². The Morgan fingerprint density at radius 2 is 1.84 bits per heavy atom. The Labute approximate surface area is 220 Å². The smallest absolute Gasteiger partial charge is 0.416 e. The molecule has 1 atom stereocenters. The summed E-state index contributed by atoms with van der Waals surface area (Å²) in [7, 11) is 0. The Bertz CT molecular complexity index is 1330. The summed E-state index contributed by atoms with van der Waals surface area (Å²) in [5.74, 6) is 0.508. The summed E-state index contributed by atoms with van der Waals surface area (Å²) in [6.07, 6.45) is -0.894. The Morgan fingerprint density at radius 3 is 2.55 bits per heavy atom. The van der Waals surface area contributed by atoms with Gasteiger partial charge in [0.15, 0.2) is 5.49 Å². The first-order chi connectivity index (χ1) is 18.1. The van der Waals surface area contributed by atoms with Crippen molar-refractivity contribution in [3.05, 3.63) is 94.1 Å². The molecule has 0 bridgehead atoms. The van der Waals surface area contributed by atoms with Crippen molar-refractivity contribution < 1.29 is 27.9 Å². The molecule has 1 unspecified atom stereocenters. The van der Waals surface area contributed by atoms with Crippen LogP contribution in [-0.4, -0.2) is 33.9 Å². The average Bonchev–Trinajstić information content (AvgIpc) is 3.01. The van der Waals surface area contributed by atoms with E-state index in [-0.39, 0.29) is 18.4 Å². The van der Waals surface area contributed by atoms with Crippen LogP contribution < -0.4 is 10.2 Å². The molecule has 1 aliphatic rings. The van der Waals surface area contributed by atoms with Crippen molar-refractivity contribution in [1.29, 1.82) is 0 Å². The molecule has 6 nitrogen and oxygen atoms in total. The monoisotopic (exact) mass is 527 g/mol. The van der Waals surface area contributed by atoms with Gasteiger partial charge in [0.1, 0.15) is 5.75 Å². The number of fused-ring (bicyclic) bond motifs is 1. The molecule has 2 aromatic carbocycles. The van der Waals surface area contributed by atoms with Crippen molar-refractivity contribution in [1.82, 2.24) is 9.63 Å². The van der Waals surface area contributed by atoms with Gasteiger partial charge in [-0.3, -0.25) is 9.79 Å². The van der Waals surface area contributed by atoms with Crippen LogP contribution in [0.2, 0.25) is 0 Å². The van der Waals surface area contributed by atoms with Crippen LogP contribution in [0.3, 0.4) is 0 Å². The van der Waals surface area contributed by atoms with Gasteiger partial charge in [-0.05, 0) is 78.4 Å². The highest BCUT2D eigenvalue weighted by Crippen LogP contribution is 2.31. The standard InChI is InChI=1S/C29H32F3N3O3/c1-3-22-16-23-7-10-26(38-14-4-12-33-27-15-20(2)11-13-35(27)37)17-24(23)19-34(28(22)36)18-21-5-8-25(9-6-21)29(30,31)32/h5-11,13,15,17,22,37H,3-4,12,14,16,18-19H2,1-2H3. The average molecular weight is 528 g/mol. The van der Waals surface area contributed by atoms with Gasteiger partial charge in [0.05, 0.1) is 12.2 Å². The molecule has 3 aromatic rings. The predicted molar refractivity (Wildman–Crippen MR) is 137 cm³/mol. The van der Waals surface area contributed by atoms with E-state index in [1.165, 1.54) is 12.1 Å². The molecule has 4 rings (SSSR count). The fourth-order valence-corrected chi connectivity index (χ4v) is 4.55. The molecule has 0 spiro atoms. The number of halogens is 3. The molecule has 0 radical (unpaired) electrons. The maximum atomic E-state index is 13.3. The van der Waals surface area contributed by atoms with E-state index < -0.39 is 11.7 Å². The van der Waals surface area contributed by atoms with Crippen LogP contribution in [-0.2, 0) is 30.5 Å². The second-order valence-corrected chi connectivity index (χ2v) is 9.62. The molecule has 0 fully saturated rings. The van der Waals surface area contributed by atoms with Gasteiger partial charge in [0.2, 0.25) is 5.91 Å². The van der Waals surface area contributed by atoms with Crippen molar-refractivity contribution in [3.63, 3.8) is 0 Å². The van der Waals surface area contributed by atoms with E-state index in [9.17, 15) is 23.2 Å². The number of aromatic nitrogens is 1. The lowest BCUT2D eigenvalue weighted by atomic mass is 9.95. The first-order valence-electron chi connectivity index (χ1n) is 12.7. The topological polar surface area (TPSA) is 67.1 Å². The Morgan fingerprint density at radius 1 is 1.08 bits per heavy atom. The third-order valence-corrected chi connectivity index (χ3v) is 6.73. The number of pyridine rings is 1. The van der Waals surface area contributed by atoms with Crippen molar-refractivity contribution in [2.45, 2.75) is 52.4 Å². The normalized spacial score (nSPS) is 16.3. The van der Waals surface area contributed by atoms with E-state index >= 15 is 0 Å². The summed E-state index contributed by atoms with van der Waals surface area (Å²) in [4.78, 5) is 19.4. The third-order valence-electron chi connectivity index (χ3n) is 6.73. The number of carbonyl (C=O) groups is 1. The molecular weight excluding hydrogens is 495 g/mol. The van der Waals surface area contributed by atoms with Crippen LogP contribution in [0.4, 0.5) is 13.2 Å².